The molecule has 0 heterocycles. The molecule has 0 bridgehead atoms. The van der Waals surface area contributed by atoms with Gasteiger partial charge in [-0.1, -0.05) is 48.2 Å². The van der Waals surface area contributed by atoms with E-state index in [1.807, 2.05) is 86.6 Å². The second kappa shape index (κ2) is 10.4. The van der Waals surface area contributed by atoms with Crippen LogP contribution in [-0.2, 0) is 0 Å². The fourth-order valence-electron chi connectivity index (χ4n) is 2.40. The van der Waals surface area contributed by atoms with Crippen molar-refractivity contribution < 1.29 is 9.47 Å². The predicted octanol–water partition coefficient (Wildman–Crippen LogP) is 6.89. The number of aliphatic imine (C=N–C) groups is 1. The van der Waals surface area contributed by atoms with Gasteiger partial charge in [0.2, 0.25) is 0 Å². The Morgan fingerprint density at radius 3 is 2.11 bits per heavy atom. The second-order valence-corrected chi connectivity index (χ2v) is 7.05. The van der Waals surface area contributed by atoms with E-state index in [2.05, 4.69) is 12.1 Å². The highest BCUT2D eigenvalue weighted by molar-refractivity contribution is 8.14. The molecular formula is C24H23NO2S. The van der Waals surface area contributed by atoms with E-state index in [9.17, 15) is 0 Å². The van der Waals surface area contributed by atoms with Crippen LogP contribution in [0.3, 0.4) is 0 Å². The summed E-state index contributed by atoms with van der Waals surface area (Å²) in [5, 5.41) is 0.892. The molecule has 0 fully saturated rings. The third-order valence-corrected chi connectivity index (χ3v) is 4.90. The van der Waals surface area contributed by atoms with Crippen molar-refractivity contribution in [3.63, 3.8) is 0 Å². The fraction of sp³-hybridized carbons (Fsp3) is 0.125. The van der Waals surface area contributed by atoms with Gasteiger partial charge in [0.15, 0.2) is 0 Å². The zero-order valence-electron chi connectivity index (χ0n) is 16.0. The van der Waals surface area contributed by atoms with Gasteiger partial charge < -0.3 is 9.47 Å². The third kappa shape index (κ3) is 6.03. The Morgan fingerprint density at radius 2 is 1.46 bits per heavy atom. The van der Waals surface area contributed by atoms with Crippen LogP contribution in [0.25, 0.3) is 0 Å². The number of nitrogens with zero attached hydrogens (tertiary/aromatic N) is 1. The Morgan fingerprint density at radius 1 is 0.857 bits per heavy atom. The topological polar surface area (TPSA) is 30.8 Å². The smallest absolute Gasteiger partial charge is 0.126 e. The van der Waals surface area contributed by atoms with E-state index in [-0.39, 0.29) is 0 Å². The molecule has 0 spiro atoms. The minimum Gasteiger partial charge on any atom is -0.494 e. The standard InChI is InChI=1S/C24H23NO2S/c1-3-26-21-14-16-22(17-15-21)27-18-19(2)24(25-20-10-6-4-7-11-20)28-23-12-8-5-9-13-23/h4-18H,3H2,1-2H3/b19-18?,25-24+. The Bertz CT molecular complexity index is 920. The van der Waals surface area contributed by atoms with Crippen molar-refractivity contribution in [1.82, 2.24) is 0 Å². The van der Waals surface area contributed by atoms with Crippen molar-refractivity contribution in [1.29, 1.82) is 0 Å². The molecule has 0 N–H and O–H groups in total. The van der Waals surface area contributed by atoms with Gasteiger partial charge in [-0.25, -0.2) is 4.99 Å². The predicted molar refractivity (Wildman–Crippen MR) is 118 cm³/mol. The summed E-state index contributed by atoms with van der Waals surface area (Å²) in [5.41, 5.74) is 1.86. The second-order valence-electron chi connectivity index (χ2n) is 5.99. The van der Waals surface area contributed by atoms with E-state index < -0.39 is 0 Å². The summed E-state index contributed by atoms with van der Waals surface area (Å²) in [6.45, 7) is 4.62. The lowest BCUT2D eigenvalue weighted by atomic mass is 10.3. The van der Waals surface area contributed by atoms with Crippen LogP contribution in [0.15, 0.2) is 107 Å². The van der Waals surface area contributed by atoms with E-state index in [0.29, 0.717) is 6.61 Å². The van der Waals surface area contributed by atoms with Crippen LogP contribution < -0.4 is 9.47 Å². The molecule has 142 valence electrons. The molecule has 3 aromatic rings. The van der Waals surface area contributed by atoms with Crippen molar-refractivity contribution in [2.75, 3.05) is 6.61 Å². The maximum atomic E-state index is 5.85. The molecule has 3 rings (SSSR count). The van der Waals surface area contributed by atoms with Gasteiger partial charge >= 0.3 is 0 Å². The summed E-state index contributed by atoms with van der Waals surface area (Å²) in [7, 11) is 0. The van der Waals surface area contributed by atoms with Crippen molar-refractivity contribution >= 4 is 22.5 Å². The summed E-state index contributed by atoms with van der Waals surface area (Å²) in [5.74, 6) is 1.59. The highest BCUT2D eigenvalue weighted by Gasteiger charge is 2.07. The molecule has 0 aliphatic heterocycles. The maximum absolute atomic E-state index is 5.85. The SMILES string of the molecule is CCOc1ccc(OC=C(C)/C(=N\c2ccccc2)Sc2ccccc2)cc1. The van der Waals surface area contributed by atoms with Gasteiger partial charge in [0, 0.05) is 10.5 Å². The monoisotopic (exact) mass is 389 g/mol. The Kier molecular flexibility index (Phi) is 7.33. The molecule has 0 radical (unpaired) electrons. The normalized spacial score (nSPS) is 11.9. The summed E-state index contributed by atoms with van der Waals surface area (Å²) >= 11 is 1.62. The molecule has 3 aromatic carbocycles. The highest BCUT2D eigenvalue weighted by atomic mass is 32.2. The first kappa shape index (κ1) is 19.8. The van der Waals surface area contributed by atoms with Gasteiger partial charge in [0.05, 0.1) is 18.6 Å². The summed E-state index contributed by atoms with van der Waals surface area (Å²) in [6.07, 6.45) is 1.74. The first-order valence-corrected chi connectivity index (χ1v) is 9.99. The first-order chi connectivity index (χ1) is 13.7. The number of ether oxygens (including phenoxy) is 2. The molecule has 0 amide bonds. The largest absolute Gasteiger partial charge is 0.494 e. The molecule has 3 nitrogen and oxygen atoms in total. The third-order valence-electron chi connectivity index (χ3n) is 3.79. The van der Waals surface area contributed by atoms with Crippen LogP contribution in [0.5, 0.6) is 11.5 Å². The molecule has 0 saturated carbocycles. The van der Waals surface area contributed by atoms with E-state index in [1.165, 1.54) is 0 Å². The van der Waals surface area contributed by atoms with Crippen molar-refractivity contribution in [2.45, 2.75) is 18.7 Å². The summed E-state index contributed by atoms with van der Waals surface area (Å²) in [6, 6.07) is 27.8. The molecular weight excluding hydrogens is 366 g/mol. The van der Waals surface area contributed by atoms with E-state index >= 15 is 0 Å². The quantitative estimate of drug-likeness (QED) is 0.191. The lowest BCUT2D eigenvalue weighted by Gasteiger charge is -2.09. The number of hydrogen-bond donors (Lipinski definition) is 0. The summed E-state index contributed by atoms with van der Waals surface area (Å²) < 4.78 is 11.3. The van der Waals surface area contributed by atoms with Crippen molar-refractivity contribution in [3.8, 4) is 11.5 Å². The lowest BCUT2D eigenvalue weighted by Crippen LogP contribution is -1.97. The number of thioether (sulfide) groups is 1. The van der Waals surface area contributed by atoms with Crippen LogP contribution in [0.1, 0.15) is 13.8 Å². The number of hydrogen-bond acceptors (Lipinski definition) is 4. The lowest BCUT2D eigenvalue weighted by molar-refractivity contribution is 0.339. The molecule has 0 aromatic heterocycles. The number of para-hydroxylation sites is 1. The van der Waals surface area contributed by atoms with Crippen molar-refractivity contribution in [2.24, 2.45) is 4.99 Å². The van der Waals surface area contributed by atoms with Crippen LogP contribution in [-0.4, -0.2) is 11.7 Å². The van der Waals surface area contributed by atoms with Crippen molar-refractivity contribution in [3.05, 3.63) is 96.8 Å². The van der Waals surface area contributed by atoms with Gasteiger partial charge in [0.1, 0.15) is 16.5 Å². The Hall–Kier alpha value is -2.98. The molecule has 4 heteroatoms. The fourth-order valence-corrected chi connectivity index (χ4v) is 3.28. The Labute approximate surface area is 170 Å². The zero-order valence-corrected chi connectivity index (χ0v) is 16.9. The van der Waals surface area contributed by atoms with Gasteiger partial charge in [-0.2, -0.15) is 0 Å². The number of benzene rings is 3. The van der Waals surface area contributed by atoms with E-state index in [4.69, 9.17) is 14.5 Å². The van der Waals surface area contributed by atoms with Gasteiger partial charge in [-0.15, -0.1) is 0 Å². The van der Waals surface area contributed by atoms with Gasteiger partial charge in [-0.3, -0.25) is 0 Å². The Balaban J connectivity index is 1.80. The average molecular weight is 390 g/mol. The summed E-state index contributed by atoms with van der Waals surface area (Å²) in [4.78, 5) is 5.95. The van der Waals surface area contributed by atoms with Gasteiger partial charge in [0.25, 0.3) is 0 Å². The molecule has 0 aliphatic rings. The molecule has 0 atom stereocenters. The molecule has 0 aliphatic carbocycles. The molecule has 28 heavy (non-hydrogen) atoms. The first-order valence-electron chi connectivity index (χ1n) is 9.18. The van der Waals surface area contributed by atoms with E-state index in [1.54, 1.807) is 18.0 Å². The van der Waals surface area contributed by atoms with Crippen LogP contribution >= 0.6 is 11.8 Å². The minimum absolute atomic E-state index is 0.648. The van der Waals surface area contributed by atoms with Crippen LogP contribution in [0, 0.1) is 0 Å². The van der Waals surface area contributed by atoms with E-state index in [0.717, 1.165) is 32.7 Å². The number of rotatable bonds is 7. The molecule has 0 saturated heterocycles. The zero-order chi connectivity index (χ0) is 19.6. The minimum atomic E-state index is 0.648. The van der Waals surface area contributed by atoms with Crippen LogP contribution in [0.2, 0.25) is 0 Å². The maximum Gasteiger partial charge on any atom is 0.126 e. The molecule has 0 unspecified atom stereocenters. The average Bonchev–Trinajstić information content (AvgIpc) is 2.74. The van der Waals surface area contributed by atoms with Crippen LogP contribution in [0.4, 0.5) is 5.69 Å². The van der Waals surface area contributed by atoms with Gasteiger partial charge in [-0.05, 0) is 62.4 Å². The highest BCUT2D eigenvalue weighted by Crippen LogP contribution is 2.27.